The van der Waals surface area contributed by atoms with E-state index in [4.69, 9.17) is 4.74 Å². The highest BCUT2D eigenvalue weighted by Crippen LogP contribution is 2.22. The first kappa shape index (κ1) is 21.1. The standard InChI is InChI=1S/C16H21N5O7S2/c22-15-13-11-12(1-2-14(13)17-16(23)18-15)29(24,25)19-3-5-20(6-4-19)30(26,27)21-7-9-28-10-8-21/h1-2,11H,3-10H2,(H2,17,18,22,23). The van der Waals surface area contributed by atoms with Crippen molar-refractivity contribution in [2.45, 2.75) is 4.90 Å². The number of fused-ring (bicyclic) bond motifs is 1. The molecule has 2 aromatic rings. The number of piperazine rings is 1. The van der Waals surface area contributed by atoms with Crippen LogP contribution < -0.4 is 11.2 Å². The normalized spacial score (nSPS) is 20.5. The van der Waals surface area contributed by atoms with Gasteiger partial charge < -0.3 is 9.72 Å². The fraction of sp³-hybridized carbons (Fsp3) is 0.500. The summed E-state index contributed by atoms with van der Waals surface area (Å²) in [5.74, 6) is 0. The van der Waals surface area contributed by atoms with Gasteiger partial charge in [-0.25, -0.2) is 13.2 Å². The molecule has 14 heteroatoms. The van der Waals surface area contributed by atoms with Gasteiger partial charge in [-0.1, -0.05) is 0 Å². The molecule has 0 aliphatic carbocycles. The Balaban J connectivity index is 1.53. The lowest BCUT2D eigenvalue weighted by Gasteiger charge is -2.37. The van der Waals surface area contributed by atoms with Crippen molar-refractivity contribution in [1.82, 2.24) is 22.9 Å². The molecule has 2 fully saturated rings. The van der Waals surface area contributed by atoms with E-state index in [1.165, 1.54) is 31.1 Å². The van der Waals surface area contributed by atoms with E-state index in [1.807, 2.05) is 0 Å². The van der Waals surface area contributed by atoms with Crippen LogP contribution in [-0.4, -0.2) is 92.2 Å². The Labute approximate surface area is 172 Å². The molecule has 0 radical (unpaired) electrons. The van der Waals surface area contributed by atoms with Crippen LogP contribution in [0.1, 0.15) is 0 Å². The zero-order valence-corrected chi connectivity index (χ0v) is 17.5. The Kier molecular flexibility index (Phi) is 5.54. The highest BCUT2D eigenvalue weighted by molar-refractivity contribution is 7.89. The number of sulfonamides is 1. The first-order valence-corrected chi connectivity index (χ1v) is 12.1. The number of morpholine rings is 1. The topological polar surface area (TPSA) is 153 Å². The van der Waals surface area contributed by atoms with Gasteiger partial charge in [0.1, 0.15) is 0 Å². The average Bonchev–Trinajstić information content (AvgIpc) is 2.74. The molecule has 4 rings (SSSR count). The largest absolute Gasteiger partial charge is 0.379 e. The fourth-order valence-electron chi connectivity index (χ4n) is 3.54. The Morgan fingerprint density at radius 3 is 2.07 bits per heavy atom. The number of H-pyrrole nitrogens is 2. The van der Waals surface area contributed by atoms with Crippen LogP contribution >= 0.6 is 0 Å². The molecule has 2 saturated heterocycles. The third kappa shape index (κ3) is 3.81. The summed E-state index contributed by atoms with van der Waals surface area (Å²) < 4.78 is 60.5. The summed E-state index contributed by atoms with van der Waals surface area (Å²) in [5.41, 5.74) is -1.14. The van der Waals surface area contributed by atoms with Crippen LogP contribution in [-0.2, 0) is 25.0 Å². The van der Waals surface area contributed by atoms with Gasteiger partial charge in [-0.05, 0) is 18.2 Å². The zero-order chi connectivity index (χ0) is 21.5. The maximum atomic E-state index is 13.0. The number of aromatic nitrogens is 2. The van der Waals surface area contributed by atoms with Gasteiger partial charge in [0, 0.05) is 39.3 Å². The van der Waals surface area contributed by atoms with Gasteiger partial charge in [-0.15, -0.1) is 0 Å². The van der Waals surface area contributed by atoms with Crippen LogP contribution in [0.4, 0.5) is 0 Å². The Morgan fingerprint density at radius 1 is 0.800 bits per heavy atom. The second-order valence-corrected chi connectivity index (χ2v) is 10.8. The number of hydrogen-bond acceptors (Lipinski definition) is 7. The van der Waals surface area contributed by atoms with Crippen LogP contribution in [0.5, 0.6) is 0 Å². The molecule has 3 heterocycles. The molecule has 12 nitrogen and oxygen atoms in total. The first-order valence-electron chi connectivity index (χ1n) is 9.29. The van der Waals surface area contributed by atoms with Gasteiger partial charge in [-0.3, -0.25) is 9.78 Å². The molecule has 30 heavy (non-hydrogen) atoms. The van der Waals surface area contributed by atoms with E-state index in [-0.39, 0.29) is 55.1 Å². The van der Waals surface area contributed by atoms with E-state index in [9.17, 15) is 26.4 Å². The molecule has 0 atom stereocenters. The van der Waals surface area contributed by atoms with E-state index in [0.29, 0.717) is 13.2 Å². The fourth-order valence-corrected chi connectivity index (χ4v) is 6.55. The summed E-state index contributed by atoms with van der Waals surface area (Å²) in [6.45, 7) is 1.25. The molecule has 0 spiro atoms. The molecule has 0 unspecified atom stereocenters. The number of ether oxygens (including phenoxy) is 1. The number of rotatable bonds is 4. The monoisotopic (exact) mass is 459 g/mol. The Morgan fingerprint density at radius 2 is 1.40 bits per heavy atom. The quantitative estimate of drug-likeness (QED) is 0.541. The van der Waals surface area contributed by atoms with Crippen molar-refractivity contribution in [3.8, 4) is 0 Å². The third-order valence-corrected chi connectivity index (χ3v) is 9.10. The van der Waals surface area contributed by atoms with Crippen molar-refractivity contribution in [2.75, 3.05) is 52.5 Å². The number of nitrogens with zero attached hydrogens (tertiary/aromatic N) is 3. The summed E-state index contributed by atoms with van der Waals surface area (Å²) in [5, 5.41) is 0.0456. The number of benzene rings is 1. The average molecular weight is 460 g/mol. The van der Waals surface area contributed by atoms with Gasteiger partial charge >= 0.3 is 5.69 Å². The van der Waals surface area contributed by atoms with Crippen molar-refractivity contribution < 1.29 is 21.6 Å². The molecular weight excluding hydrogens is 438 g/mol. The SMILES string of the molecule is O=c1[nH]c(=O)c2cc(S(=O)(=O)N3CCN(S(=O)(=O)N4CCOCC4)CC3)ccc2[nH]1. The van der Waals surface area contributed by atoms with Crippen LogP contribution in [0.25, 0.3) is 10.9 Å². The number of nitrogens with one attached hydrogen (secondary N) is 2. The zero-order valence-electron chi connectivity index (χ0n) is 15.9. The lowest BCUT2D eigenvalue weighted by Crippen LogP contribution is -2.55. The summed E-state index contributed by atoms with van der Waals surface area (Å²) in [7, 11) is -7.61. The molecule has 2 aliphatic heterocycles. The van der Waals surface area contributed by atoms with Crippen LogP contribution in [0, 0.1) is 0 Å². The lowest BCUT2D eigenvalue weighted by atomic mass is 10.2. The highest BCUT2D eigenvalue weighted by atomic mass is 32.2. The summed E-state index contributed by atoms with van der Waals surface area (Å²) in [6, 6.07) is 3.87. The first-order chi connectivity index (χ1) is 14.2. The highest BCUT2D eigenvalue weighted by Gasteiger charge is 2.36. The molecule has 0 amide bonds. The molecule has 2 aliphatic rings. The molecule has 164 valence electrons. The van der Waals surface area contributed by atoms with Crippen molar-refractivity contribution >= 4 is 31.1 Å². The number of hydrogen-bond donors (Lipinski definition) is 2. The third-order valence-electron chi connectivity index (χ3n) is 5.17. The maximum Gasteiger partial charge on any atom is 0.326 e. The Bertz CT molecular complexity index is 1270. The van der Waals surface area contributed by atoms with E-state index < -0.39 is 31.5 Å². The Hall–Kier alpha value is -2.10. The van der Waals surface area contributed by atoms with E-state index in [1.54, 1.807) is 0 Å². The minimum atomic E-state index is -3.94. The minimum Gasteiger partial charge on any atom is -0.379 e. The maximum absolute atomic E-state index is 13.0. The molecule has 0 saturated carbocycles. The van der Waals surface area contributed by atoms with Crippen molar-refractivity contribution in [2.24, 2.45) is 0 Å². The molecule has 2 N–H and O–H groups in total. The van der Waals surface area contributed by atoms with Crippen LogP contribution in [0.3, 0.4) is 0 Å². The van der Waals surface area contributed by atoms with Crippen molar-refractivity contribution in [3.63, 3.8) is 0 Å². The smallest absolute Gasteiger partial charge is 0.326 e. The van der Waals surface area contributed by atoms with E-state index in [2.05, 4.69) is 9.97 Å². The second-order valence-electron chi connectivity index (χ2n) is 6.94. The van der Waals surface area contributed by atoms with E-state index in [0.717, 1.165) is 0 Å². The van der Waals surface area contributed by atoms with Crippen LogP contribution in [0.2, 0.25) is 0 Å². The minimum absolute atomic E-state index is 0.00802. The van der Waals surface area contributed by atoms with E-state index >= 15 is 0 Å². The summed E-state index contributed by atoms with van der Waals surface area (Å²) >= 11 is 0. The number of aromatic amines is 2. The van der Waals surface area contributed by atoms with Gasteiger partial charge in [0.2, 0.25) is 10.0 Å². The van der Waals surface area contributed by atoms with Crippen molar-refractivity contribution in [1.29, 1.82) is 0 Å². The van der Waals surface area contributed by atoms with Gasteiger partial charge in [0.05, 0.1) is 29.0 Å². The van der Waals surface area contributed by atoms with Crippen LogP contribution in [0.15, 0.2) is 32.7 Å². The lowest BCUT2D eigenvalue weighted by molar-refractivity contribution is 0.0694. The van der Waals surface area contributed by atoms with Gasteiger partial charge in [0.25, 0.3) is 15.8 Å². The van der Waals surface area contributed by atoms with Crippen molar-refractivity contribution in [3.05, 3.63) is 39.0 Å². The molecule has 1 aromatic carbocycles. The molecule has 1 aromatic heterocycles. The summed E-state index contributed by atoms with van der Waals surface area (Å²) in [6.07, 6.45) is 0. The molecular formula is C16H21N5O7S2. The molecule has 0 bridgehead atoms. The second kappa shape index (κ2) is 7.86. The summed E-state index contributed by atoms with van der Waals surface area (Å²) in [4.78, 5) is 27.7. The predicted octanol–water partition coefficient (Wildman–Crippen LogP) is -1.90. The predicted molar refractivity (Wildman–Crippen MR) is 107 cm³/mol. The van der Waals surface area contributed by atoms with Gasteiger partial charge in [0.15, 0.2) is 0 Å². The van der Waals surface area contributed by atoms with Gasteiger partial charge in [-0.2, -0.15) is 21.3 Å².